The first-order valence-corrected chi connectivity index (χ1v) is 17.4. The molecule has 45 heavy (non-hydrogen) atoms. The Kier molecular flexibility index (Phi) is 12.1. The fraction of sp³-hybridized carbons (Fsp3) is 0.649. The number of carbonyl (C=O) groups excluding carboxylic acids is 3. The number of ketones is 2. The van der Waals surface area contributed by atoms with E-state index in [0.29, 0.717) is 25.1 Å². The predicted octanol–water partition coefficient (Wildman–Crippen LogP) is 6.22. The first-order chi connectivity index (χ1) is 21.4. The minimum Gasteiger partial charge on any atom is -0.458 e. The molecule has 0 radical (unpaired) electrons. The highest BCUT2D eigenvalue weighted by molar-refractivity contribution is 6.18. The van der Waals surface area contributed by atoms with Crippen molar-refractivity contribution in [2.45, 2.75) is 97.2 Å². The number of rotatable bonds is 15. The van der Waals surface area contributed by atoms with Crippen LogP contribution in [-0.2, 0) is 25.5 Å². The van der Waals surface area contributed by atoms with Crippen LogP contribution in [0.3, 0.4) is 0 Å². The number of ether oxygens (including phenoxy) is 1. The van der Waals surface area contributed by atoms with Crippen molar-refractivity contribution in [3.8, 4) is 0 Å². The van der Waals surface area contributed by atoms with E-state index in [0.717, 1.165) is 55.6 Å². The number of carbonyl (C=O) groups is 3. The van der Waals surface area contributed by atoms with Crippen LogP contribution in [0, 0.1) is 29.1 Å². The van der Waals surface area contributed by atoms with Gasteiger partial charge in [-0.3, -0.25) is 14.4 Å². The van der Waals surface area contributed by atoms with Gasteiger partial charge in [0.05, 0.1) is 6.10 Å². The van der Waals surface area contributed by atoms with Crippen LogP contribution in [0.2, 0.25) is 0 Å². The summed E-state index contributed by atoms with van der Waals surface area (Å²) in [6.45, 7) is 9.25. The van der Waals surface area contributed by atoms with Gasteiger partial charge in [-0.25, -0.2) is 0 Å². The topological polar surface area (TPSA) is 104 Å². The zero-order valence-electron chi connectivity index (χ0n) is 27.5. The zero-order chi connectivity index (χ0) is 32.8. The number of benzene rings is 1. The van der Waals surface area contributed by atoms with Crippen LogP contribution >= 0.6 is 11.6 Å². The van der Waals surface area contributed by atoms with Gasteiger partial charge in [0, 0.05) is 42.4 Å². The summed E-state index contributed by atoms with van der Waals surface area (Å²) < 4.78 is 5.28. The monoisotopic (exact) mass is 641 g/mol. The Balaban J connectivity index is 1.24. The van der Waals surface area contributed by atoms with Crippen LogP contribution in [0.25, 0.3) is 0 Å². The molecule has 5 unspecified atom stereocenters. The molecule has 0 bridgehead atoms. The highest BCUT2D eigenvalue weighted by Gasteiger charge is 2.54. The first-order valence-electron chi connectivity index (χ1n) is 16.8. The largest absolute Gasteiger partial charge is 0.458 e. The number of hydrogen-bond acceptors (Lipinski definition) is 7. The average molecular weight is 642 g/mol. The van der Waals surface area contributed by atoms with E-state index in [1.54, 1.807) is 12.2 Å². The van der Waals surface area contributed by atoms with E-state index in [1.165, 1.54) is 6.92 Å². The molecular formula is C37H52ClNO6. The normalized spacial score (nSPS) is 28.8. The van der Waals surface area contributed by atoms with Crippen molar-refractivity contribution in [2.75, 3.05) is 30.5 Å². The van der Waals surface area contributed by atoms with Gasteiger partial charge < -0.3 is 19.8 Å². The van der Waals surface area contributed by atoms with Gasteiger partial charge in [-0.1, -0.05) is 44.6 Å². The summed E-state index contributed by atoms with van der Waals surface area (Å²) in [5.41, 5.74) is 1.41. The quantitative estimate of drug-likeness (QED) is 0.173. The lowest BCUT2D eigenvalue weighted by Gasteiger charge is -2.56. The maximum atomic E-state index is 13.0. The number of anilines is 1. The molecule has 0 amide bonds. The maximum absolute atomic E-state index is 13.0. The fourth-order valence-electron chi connectivity index (χ4n) is 8.15. The van der Waals surface area contributed by atoms with Crippen LogP contribution < -0.4 is 4.90 Å². The van der Waals surface area contributed by atoms with E-state index in [9.17, 15) is 24.6 Å². The summed E-state index contributed by atoms with van der Waals surface area (Å²) in [6, 6.07) is 8.32. The molecule has 2 N–H and O–H groups in total. The lowest BCUT2D eigenvalue weighted by atomic mass is 9.49. The van der Waals surface area contributed by atoms with Gasteiger partial charge in [0.2, 0.25) is 5.78 Å². The Bertz CT molecular complexity index is 1250. The number of alkyl halides is 1. The number of esters is 1. The Morgan fingerprint density at radius 3 is 2.62 bits per heavy atom. The van der Waals surface area contributed by atoms with Gasteiger partial charge in [0.1, 0.15) is 5.60 Å². The highest BCUT2D eigenvalue weighted by Crippen LogP contribution is 2.58. The Morgan fingerprint density at radius 2 is 1.93 bits per heavy atom. The molecule has 0 spiro atoms. The Hall–Kier alpha value is -2.48. The van der Waals surface area contributed by atoms with Crippen molar-refractivity contribution < 1.29 is 29.3 Å². The van der Waals surface area contributed by atoms with Crippen molar-refractivity contribution in [2.24, 2.45) is 29.1 Å². The number of nitrogens with zero attached hydrogens (tertiary/aromatic N) is 1. The molecular weight excluding hydrogens is 590 g/mol. The van der Waals surface area contributed by atoms with E-state index in [2.05, 4.69) is 49.9 Å². The summed E-state index contributed by atoms with van der Waals surface area (Å²) in [7, 11) is 0. The zero-order valence-corrected chi connectivity index (χ0v) is 28.2. The van der Waals surface area contributed by atoms with Crippen LogP contribution in [0.1, 0.15) is 84.6 Å². The number of Topliss-reactive ketones (excluding diaryl/α,β-unsaturated/α-hetero) is 1. The number of fused-ring (bicyclic) bond motifs is 3. The van der Waals surface area contributed by atoms with Crippen molar-refractivity contribution in [3.05, 3.63) is 53.6 Å². The van der Waals surface area contributed by atoms with Crippen LogP contribution in [0.5, 0.6) is 0 Å². The molecule has 1 aromatic rings. The van der Waals surface area contributed by atoms with Crippen LogP contribution in [-0.4, -0.2) is 65.0 Å². The number of halogens is 1. The molecule has 7 atom stereocenters. The minimum absolute atomic E-state index is 0.00534. The summed E-state index contributed by atoms with van der Waals surface area (Å²) in [6.07, 6.45) is 10.7. The van der Waals surface area contributed by atoms with E-state index in [4.69, 9.17) is 16.3 Å². The molecule has 7 nitrogen and oxygen atoms in total. The third kappa shape index (κ3) is 8.47. The van der Waals surface area contributed by atoms with Gasteiger partial charge >= 0.3 is 5.97 Å². The van der Waals surface area contributed by atoms with E-state index in [-0.39, 0.29) is 47.7 Å². The molecule has 0 aromatic heterocycles. The summed E-state index contributed by atoms with van der Waals surface area (Å²) in [5.74, 6) is 0.346. The lowest BCUT2D eigenvalue weighted by Crippen LogP contribution is -2.53. The number of hydrogen-bond donors (Lipinski definition) is 2. The molecule has 0 aliphatic heterocycles. The van der Waals surface area contributed by atoms with E-state index < -0.39 is 30.1 Å². The number of aliphatic hydroxyl groups excluding tert-OH is 1. The molecule has 2 saturated carbocycles. The Morgan fingerprint density at radius 1 is 1.20 bits per heavy atom. The van der Waals surface area contributed by atoms with Crippen LogP contribution in [0.4, 0.5) is 5.69 Å². The van der Waals surface area contributed by atoms with E-state index >= 15 is 0 Å². The summed E-state index contributed by atoms with van der Waals surface area (Å²) in [4.78, 5) is 39.7. The third-order valence-corrected chi connectivity index (χ3v) is 10.9. The average Bonchev–Trinajstić information content (AvgIpc) is 3.00. The highest BCUT2D eigenvalue weighted by atomic mass is 35.5. The molecule has 2 fully saturated rings. The molecule has 3 aliphatic carbocycles. The molecule has 0 saturated heterocycles. The molecule has 4 rings (SSSR count). The van der Waals surface area contributed by atoms with E-state index in [1.807, 2.05) is 6.08 Å². The molecule has 8 heteroatoms. The number of aryl methyl sites for hydroxylation is 1. The van der Waals surface area contributed by atoms with Gasteiger partial charge in [-0.2, -0.15) is 0 Å². The van der Waals surface area contributed by atoms with Gasteiger partial charge in [-0.05, 0) is 106 Å². The lowest BCUT2D eigenvalue weighted by molar-refractivity contribution is -0.154. The van der Waals surface area contributed by atoms with Gasteiger partial charge in [-0.15, -0.1) is 11.6 Å². The molecule has 248 valence electrons. The summed E-state index contributed by atoms with van der Waals surface area (Å²) in [5, 5.41) is 22.3. The van der Waals surface area contributed by atoms with Gasteiger partial charge in [0.15, 0.2) is 12.4 Å². The van der Waals surface area contributed by atoms with Crippen molar-refractivity contribution in [3.63, 3.8) is 0 Å². The second kappa shape index (κ2) is 15.4. The molecule has 1 aromatic carbocycles. The summed E-state index contributed by atoms with van der Waals surface area (Å²) >= 11 is 5.95. The van der Waals surface area contributed by atoms with Crippen LogP contribution in [0.15, 0.2) is 48.1 Å². The standard InChI is InChI=1S/C37H52ClNO6/c1-5-20-39(21-19-38)28-12-9-26(10-13-28)7-6-8-34(43)45-24-33(42)37(4,44)18-16-30-25(2)22-32(41)35-31(30)14-11-27-23-29(40)15-17-36(27,35)3/h9-10,12-13,15,17,23,25,30-32,35,41,44H,5-8,11,14,16,18-22,24H2,1-4H3/t25?,30-,31?,32?,35?,36?,37+/m0/s1. The predicted molar refractivity (Wildman–Crippen MR) is 178 cm³/mol. The first kappa shape index (κ1) is 35.4. The Labute approximate surface area is 274 Å². The third-order valence-electron chi connectivity index (χ3n) is 10.7. The second-order valence-electron chi connectivity index (χ2n) is 14.0. The minimum atomic E-state index is -1.61. The molecule has 3 aliphatic rings. The van der Waals surface area contributed by atoms with Gasteiger partial charge in [0.25, 0.3) is 0 Å². The smallest absolute Gasteiger partial charge is 0.306 e. The van der Waals surface area contributed by atoms with Crippen molar-refractivity contribution >= 4 is 34.8 Å². The number of allylic oxidation sites excluding steroid dienone is 4. The SMILES string of the molecule is CCCN(CCCl)c1ccc(CCCC(=O)OCC(=O)[C@](C)(O)CC[C@H]2C(C)CC(O)C3C2CCC2=CC(=O)C=CC23C)cc1. The molecule has 0 heterocycles. The van der Waals surface area contributed by atoms with Crippen molar-refractivity contribution in [1.29, 1.82) is 0 Å². The second-order valence-corrected chi connectivity index (χ2v) is 14.3. The number of aliphatic hydroxyl groups is 2. The maximum Gasteiger partial charge on any atom is 0.306 e. The van der Waals surface area contributed by atoms with Crippen molar-refractivity contribution in [1.82, 2.24) is 0 Å². The fourth-order valence-corrected chi connectivity index (χ4v) is 8.36.